The van der Waals surface area contributed by atoms with E-state index in [2.05, 4.69) is 44.0 Å². The fourth-order valence-electron chi connectivity index (χ4n) is 3.35. The Morgan fingerprint density at radius 1 is 1.10 bits per heavy atom. The summed E-state index contributed by atoms with van der Waals surface area (Å²) in [6, 6.07) is 22.8. The Balaban J connectivity index is 1.67. The summed E-state index contributed by atoms with van der Waals surface area (Å²) in [6.07, 6.45) is 0. The molecule has 0 bridgehead atoms. The fraction of sp³-hybridized carbons (Fsp3) is 0.130. The number of carbonyl (C=O) groups excluding carboxylic acids is 1. The summed E-state index contributed by atoms with van der Waals surface area (Å²) < 4.78 is 3.19. The van der Waals surface area contributed by atoms with E-state index in [1.54, 1.807) is 24.3 Å². The zero-order valence-corrected chi connectivity index (χ0v) is 18.1. The van der Waals surface area contributed by atoms with Crippen molar-refractivity contribution in [3.8, 4) is 0 Å². The van der Waals surface area contributed by atoms with Gasteiger partial charge in [-0.15, -0.1) is 0 Å². The Morgan fingerprint density at radius 2 is 1.86 bits per heavy atom. The smallest absolute Gasteiger partial charge is 0.251 e. The molecule has 1 atom stereocenters. The minimum atomic E-state index is -0.266. The molecule has 0 radical (unpaired) electrons. The molecule has 0 aliphatic rings. The van der Waals surface area contributed by atoms with Crippen molar-refractivity contribution in [1.29, 1.82) is 0 Å². The Morgan fingerprint density at radius 3 is 2.62 bits per heavy atom. The van der Waals surface area contributed by atoms with Gasteiger partial charge in [-0.25, -0.2) is 4.98 Å². The van der Waals surface area contributed by atoms with Crippen LogP contribution in [0.4, 0.5) is 0 Å². The van der Waals surface area contributed by atoms with Crippen LogP contribution >= 0.6 is 27.5 Å². The first-order chi connectivity index (χ1) is 14.0. The molecule has 0 fully saturated rings. The van der Waals surface area contributed by atoms with E-state index in [0.717, 1.165) is 26.9 Å². The minimum Gasteiger partial charge on any atom is -0.342 e. The Kier molecular flexibility index (Phi) is 5.69. The van der Waals surface area contributed by atoms with E-state index in [0.29, 0.717) is 17.1 Å². The van der Waals surface area contributed by atoms with Crippen molar-refractivity contribution < 1.29 is 4.79 Å². The third-order valence-electron chi connectivity index (χ3n) is 4.76. The SMILES string of the molecule is CC(NC(=O)c1ccc(Cl)cc1)c1nc2ccccc2n1Cc1cccc(Br)c1. The third kappa shape index (κ3) is 4.36. The third-order valence-corrected chi connectivity index (χ3v) is 5.50. The van der Waals surface area contributed by atoms with Crippen molar-refractivity contribution >= 4 is 44.5 Å². The number of amides is 1. The molecule has 0 aliphatic carbocycles. The Labute approximate surface area is 182 Å². The number of hydrogen-bond acceptors (Lipinski definition) is 2. The molecule has 29 heavy (non-hydrogen) atoms. The molecule has 4 nitrogen and oxygen atoms in total. The van der Waals surface area contributed by atoms with E-state index in [-0.39, 0.29) is 11.9 Å². The first-order valence-corrected chi connectivity index (χ1v) is 10.4. The van der Waals surface area contributed by atoms with Crippen LogP contribution in [-0.4, -0.2) is 15.5 Å². The highest BCUT2D eigenvalue weighted by molar-refractivity contribution is 9.10. The number of fused-ring (bicyclic) bond motifs is 1. The maximum Gasteiger partial charge on any atom is 0.251 e. The van der Waals surface area contributed by atoms with Gasteiger partial charge in [-0.05, 0) is 61.0 Å². The van der Waals surface area contributed by atoms with Crippen LogP contribution in [-0.2, 0) is 6.54 Å². The quantitative estimate of drug-likeness (QED) is 0.391. The molecule has 0 saturated carbocycles. The topological polar surface area (TPSA) is 46.9 Å². The molecule has 1 heterocycles. The number of rotatable bonds is 5. The van der Waals surface area contributed by atoms with Crippen LogP contribution in [0.3, 0.4) is 0 Å². The summed E-state index contributed by atoms with van der Waals surface area (Å²) in [4.78, 5) is 17.5. The van der Waals surface area contributed by atoms with Crippen LogP contribution in [0.2, 0.25) is 5.02 Å². The maximum atomic E-state index is 12.7. The van der Waals surface area contributed by atoms with E-state index in [4.69, 9.17) is 16.6 Å². The molecule has 6 heteroatoms. The lowest BCUT2D eigenvalue weighted by molar-refractivity contribution is 0.0938. The first kappa shape index (κ1) is 19.7. The van der Waals surface area contributed by atoms with Crippen molar-refractivity contribution in [2.45, 2.75) is 19.5 Å². The molecule has 3 aromatic carbocycles. The summed E-state index contributed by atoms with van der Waals surface area (Å²) in [7, 11) is 0. The van der Waals surface area contributed by atoms with E-state index in [1.807, 2.05) is 37.3 Å². The van der Waals surface area contributed by atoms with Gasteiger partial charge in [0.05, 0.1) is 17.1 Å². The standard InChI is InChI=1S/C23H19BrClN3O/c1-15(26-23(29)17-9-11-19(25)12-10-17)22-27-20-7-2-3-8-21(20)28(22)14-16-5-4-6-18(24)13-16/h2-13,15H,14H2,1H3,(H,26,29). The van der Waals surface area contributed by atoms with Gasteiger partial charge < -0.3 is 9.88 Å². The predicted molar refractivity (Wildman–Crippen MR) is 120 cm³/mol. The highest BCUT2D eigenvalue weighted by Gasteiger charge is 2.19. The van der Waals surface area contributed by atoms with Gasteiger partial charge in [0.2, 0.25) is 0 Å². The molecular formula is C23H19BrClN3O. The second-order valence-electron chi connectivity index (χ2n) is 6.88. The number of hydrogen-bond donors (Lipinski definition) is 1. The van der Waals surface area contributed by atoms with E-state index in [9.17, 15) is 4.79 Å². The van der Waals surface area contributed by atoms with Gasteiger partial charge in [0, 0.05) is 21.6 Å². The molecule has 1 N–H and O–H groups in total. The fourth-order valence-corrected chi connectivity index (χ4v) is 3.93. The second kappa shape index (κ2) is 8.39. The average Bonchev–Trinajstić information content (AvgIpc) is 3.07. The van der Waals surface area contributed by atoms with Crippen molar-refractivity contribution in [2.75, 3.05) is 0 Å². The van der Waals surface area contributed by atoms with E-state index < -0.39 is 0 Å². The van der Waals surface area contributed by atoms with Gasteiger partial charge in [0.15, 0.2) is 0 Å². The van der Waals surface area contributed by atoms with Gasteiger partial charge in [-0.1, -0.05) is 51.8 Å². The van der Waals surface area contributed by atoms with Crippen molar-refractivity contribution in [3.63, 3.8) is 0 Å². The lowest BCUT2D eigenvalue weighted by atomic mass is 10.2. The number of nitrogens with one attached hydrogen (secondary N) is 1. The van der Waals surface area contributed by atoms with Crippen LogP contribution in [0.5, 0.6) is 0 Å². The largest absolute Gasteiger partial charge is 0.342 e. The van der Waals surface area contributed by atoms with Crippen molar-refractivity contribution in [3.05, 3.63) is 99.2 Å². The van der Waals surface area contributed by atoms with Gasteiger partial charge in [-0.3, -0.25) is 4.79 Å². The summed E-state index contributed by atoms with van der Waals surface area (Å²) >= 11 is 9.46. The Hall–Kier alpha value is -2.63. The van der Waals surface area contributed by atoms with Gasteiger partial charge in [-0.2, -0.15) is 0 Å². The predicted octanol–water partition coefficient (Wildman–Crippen LogP) is 5.99. The van der Waals surface area contributed by atoms with Gasteiger partial charge >= 0.3 is 0 Å². The summed E-state index contributed by atoms with van der Waals surface area (Å²) in [6.45, 7) is 2.61. The lowest BCUT2D eigenvalue weighted by Gasteiger charge is -2.17. The highest BCUT2D eigenvalue weighted by atomic mass is 79.9. The zero-order chi connectivity index (χ0) is 20.4. The molecular weight excluding hydrogens is 450 g/mol. The molecule has 0 saturated heterocycles. The molecule has 1 amide bonds. The average molecular weight is 469 g/mol. The van der Waals surface area contributed by atoms with Crippen LogP contribution in [0.15, 0.2) is 77.3 Å². The molecule has 1 aromatic heterocycles. The Bertz CT molecular complexity index is 1170. The molecule has 4 rings (SSSR count). The number of benzene rings is 3. The maximum absolute atomic E-state index is 12.7. The van der Waals surface area contributed by atoms with Crippen LogP contribution < -0.4 is 5.32 Å². The van der Waals surface area contributed by atoms with Gasteiger partial charge in [0.1, 0.15) is 5.82 Å². The highest BCUT2D eigenvalue weighted by Crippen LogP contribution is 2.23. The summed E-state index contributed by atoms with van der Waals surface area (Å²) in [5, 5.41) is 3.66. The van der Waals surface area contributed by atoms with E-state index >= 15 is 0 Å². The second-order valence-corrected chi connectivity index (χ2v) is 8.23. The van der Waals surface area contributed by atoms with E-state index in [1.165, 1.54) is 0 Å². The normalized spacial score (nSPS) is 12.1. The zero-order valence-electron chi connectivity index (χ0n) is 15.8. The number of aromatic nitrogens is 2. The lowest BCUT2D eigenvalue weighted by Crippen LogP contribution is -2.28. The minimum absolute atomic E-state index is 0.157. The summed E-state index contributed by atoms with van der Waals surface area (Å²) in [5.41, 5.74) is 3.66. The van der Waals surface area contributed by atoms with Gasteiger partial charge in [0.25, 0.3) is 5.91 Å². The molecule has 0 spiro atoms. The van der Waals surface area contributed by atoms with Crippen LogP contribution in [0.1, 0.15) is 34.7 Å². The number of carbonyl (C=O) groups is 1. The number of halogens is 2. The number of nitrogens with zero attached hydrogens (tertiary/aromatic N) is 2. The summed E-state index contributed by atoms with van der Waals surface area (Å²) in [5.74, 6) is 0.656. The van der Waals surface area contributed by atoms with Crippen molar-refractivity contribution in [1.82, 2.24) is 14.9 Å². The number of imidazole rings is 1. The molecule has 4 aromatic rings. The monoisotopic (exact) mass is 467 g/mol. The molecule has 0 aliphatic heterocycles. The van der Waals surface area contributed by atoms with Crippen LogP contribution in [0.25, 0.3) is 11.0 Å². The van der Waals surface area contributed by atoms with Crippen molar-refractivity contribution in [2.24, 2.45) is 0 Å². The molecule has 146 valence electrons. The first-order valence-electron chi connectivity index (χ1n) is 9.27. The number of para-hydroxylation sites is 2. The molecule has 1 unspecified atom stereocenters. The van der Waals surface area contributed by atoms with Crippen LogP contribution in [0, 0.1) is 0 Å².